The number of ether oxygens (including phenoxy) is 1. The van der Waals surface area contributed by atoms with Crippen LogP contribution in [0.15, 0.2) is 0 Å². The molecule has 1 aliphatic heterocycles. The third-order valence-corrected chi connectivity index (χ3v) is 3.08. The van der Waals surface area contributed by atoms with E-state index in [0.717, 1.165) is 32.5 Å². The number of nitrogens with two attached hydrogens (primary N) is 1. The van der Waals surface area contributed by atoms with Gasteiger partial charge in [-0.1, -0.05) is 13.3 Å². The standard InChI is InChI=1S/C12H26N2O/c1-3-5-11(13)7-8-14(2)10-12-6-4-9-15-12/h11-12H,3-10,13H2,1-2H3. The van der Waals surface area contributed by atoms with Gasteiger partial charge in [-0.15, -0.1) is 0 Å². The molecule has 0 saturated carbocycles. The first-order valence-electron chi connectivity index (χ1n) is 6.28. The van der Waals surface area contributed by atoms with E-state index in [-0.39, 0.29) is 0 Å². The number of hydrogen-bond acceptors (Lipinski definition) is 3. The molecule has 2 atom stereocenters. The van der Waals surface area contributed by atoms with Gasteiger partial charge in [0.15, 0.2) is 0 Å². The minimum atomic E-state index is 0.377. The van der Waals surface area contributed by atoms with Crippen molar-refractivity contribution >= 4 is 0 Å². The van der Waals surface area contributed by atoms with Gasteiger partial charge in [-0.25, -0.2) is 0 Å². The average Bonchev–Trinajstić information content (AvgIpc) is 2.68. The molecule has 1 saturated heterocycles. The Hall–Kier alpha value is -0.120. The molecule has 2 unspecified atom stereocenters. The van der Waals surface area contributed by atoms with Crippen molar-refractivity contribution in [2.24, 2.45) is 5.73 Å². The Morgan fingerprint density at radius 1 is 1.47 bits per heavy atom. The van der Waals surface area contributed by atoms with Crippen molar-refractivity contribution in [3.8, 4) is 0 Å². The zero-order valence-electron chi connectivity index (χ0n) is 10.2. The average molecular weight is 214 g/mol. The largest absolute Gasteiger partial charge is 0.377 e. The highest BCUT2D eigenvalue weighted by Gasteiger charge is 2.17. The van der Waals surface area contributed by atoms with E-state index in [2.05, 4.69) is 18.9 Å². The molecule has 3 nitrogen and oxygen atoms in total. The zero-order chi connectivity index (χ0) is 11.1. The van der Waals surface area contributed by atoms with Gasteiger partial charge in [0.25, 0.3) is 0 Å². The predicted octanol–water partition coefficient (Wildman–Crippen LogP) is 1.61. The first kappa shape index (κ1) is 12.9. The van der Waals surface area contributed by atoms with Gasteiger partial charge in [0.1, 0.15) is 0 Å². The molecule has 0 amide bonds. The molecular formula is C12H26N2O. The molecule has 0 aromatic carbocycles. The van der Waals surface area contributed by atoms with E-state index < -0.39 is 0 Å². The first-order valence-corrected chi connectivity index (χ1v) is 6.28. The second kappa shape index (κ2) is 7.20. The molecule has 0 aromatic rings. The first-order chi connectivity index (χ1) is 7.22. The molecule has 0 aliphatic carbocycles. The highest BCUT2D eigenvalue weighted by atomic mass is 16.5. The lowest BCUT2D eigenvalue weighted by atomic mass is 10.1. The summed E-state index contributed by atoms with van der Waals surface area (Å²) in [6, 6.07) is 0.377. The van der Waals surface area contributed by atoms with Crippen LogP contribution in [-0.2, 0) is 4.74 Å². The predicted molar refractivity (Wildman–Crippen MR) is 64.0 cm³/mol. The summed E-state index contributed by atoms with van der Waals surface area (Å²) in [7, 11) is 2.17. The highest BCUT2D eigenvalue weighted by Crippen LogP contribution is 2.13. The summed E-state index contributed by atoms with van der Waals surface area (Å²) in [5.74, 6) is 0. The van der Waals surface area contributed by atoms with Gasteiger partial charge in [-0.3, -0.25) is 0 Å². The lowest BCUT2D eigenvalue weighted by Gasteiger charge is -2.22. The van der Waals surface area contributed by atoms with Gasteiger partial charge in [0, 0.05) is 19.2 Å². The Kier molecular flexibility index (Phi) is 6.22. The molecule has 0 aromatic heterocycles. The molecule has 0 radical (unpaired) electrons. The Balaban J connectivity index is 2.04. The third kappa shape index (κ3) is 5.50. The lowest BCUT2D eigenvalue weighted by Crippen LogP contribution is -2.33. The monoisotopic (exact) mass is 214 g/mol. The van der Waals surface area contributed by atoms with Gasteiger partial charge in [0.2, 0.25) is 0 Å². The molecule has 0 spiro atoms. The molecule has 1 fully saturated rings. The molecule has 0 bridgehead atoms. The van der Waals surface area contributed by atoms with Crippen LogP contribution in [0.1, 0.15) is 39.0 Å². The van der Waals surface area contributed by atoms with Crippen LogP contribution in [0.2, 0.25) is 0 Å². The van der Waals surface area contributed by atoms with E-state index in [1.807, 2.05) is 0 Å². The maximum atomic E-state index is 5.98. The topological polar surface area (TPSA) is 38.5 Å². The summed E-state index contributed by atoms with van der Waals surface area (Å²) in [6.45, 7) is 5.31. The Labute approximate surface area is 94.0 Å². The van der Waals surface area contributed by atoms with Crippen molar-refractivity contribution < 1.29 is 4.74 Å². The second-order valence-electron chi connectivity index (χ2n) is 4.73. The van der Waals surface area contributed by atoms with Crippen molar-refractivity contribution in [3.63, 3.8) is 0 Å². The smallest absolute Gasteiger partial charge is 0.0702 e. The van der Waals surface area contributed by atoms with Crippen LogP contribution < -0.4 is 5.73 Å². The summed E-state index contributed by atoms with van der Waals surface area (Å²) in [6.07, 6.45) is 6.37. The normalized spacial score (nSPS) is 23.6. The fourth-order valence-electron chi connectivity index (χ4n) is 2.13. The van der Waals surface area contributed by atoms with Crippen LogP contribution in [0, 0.1) is 0 Å². The van der Waals surface area contributed by atoms with E-state index in [9.17, 15) is 0 Å². The van der Waals surface area contributed by atoms with E-state index in [0.29, 0.717) is 12.1 Å². The van der Waals surface area contributed by atoms with E-state index in [4.69, 9.17) is 10.5 Å². The summed E-state index contributed by atoms with van der Waals surface area (Å²) in [5.41, 5.74) is 5.98. The molecule has 15 heavy (non-hydrogen) atoms. The Bertz CT molecular complexity index is 158. The summed E-state index contributed by atoms with van der Waals surface area (Å²) in [4.78, 5) is 2.35. The van der Waals surface area contributed by atoms with Crippen molar-refractivity contribution in [3.05, 3.63) is 0 Å². The number of likely N-dealkylation sites (N-methyl/N-ethyl adjacent to an activating group) is 1. The van der Waals surface area contributed by atoms with Crippen LogP contribution in [0.25, 0.3) is 0 Å². The lowest BCUT2D eigenvalue weighted by molar-refractivity contribution is 0.0803. The van der Waals surface area contributed by atoms with Gasteiger partial charge in [-0.2, -0.15) is 0 Å². The SMILES string of the molecule is CCCC(N)CCN(C)CC1CCCO1. The van der Waals surface area contributed by atoms with Crippen LogP contribution in [0.3, 0.4) is 0 Å². The molecule has 1 aliphatic rings. The quantitative estimate of drug-likeness (QED) is 0.700. The maximum absolute atomic E-state index is 5.98. The summed E-state index contributed by atoms with van der Waals surface area (Å²) >= 11 is 0. The van der Waals surface area contributed by atoms with Crippen molar-refractivity contribution in [2.75, 3.05) is 26.7 Å². The maximum Gasteiger partial charge on any atom is 0.0702 e. The van der Waals surface area contributed by atoms with Crippen LogP contribution >= 0.6 is 0 Å². The molecule has 2 N–H and O–H groups in total. The van der Waals surface area contributed by atoms with Crippen LogP contribution in [0.4, 0.5) is 0 Å². The third-order valence-electron chi connectivity index (χ3n) is 3.08. The summed E-state index contributed by atoms with van der Waals surface area (Å²) in [5, 5.41) is 0. The van der Waals surface area contributed by atoms with Gasteiger partial charge in [-0.05, 0) is 39.3 Å². The van der Waals surface area contributed by atoms with Gasteiger partial charge < -0.3 is 15.4 Å². The fourth-order valence-corrected chi connectivity index (χ4v) is 2.13. The Morgan fingerprint density at radius 2 is 2.27 bits per heavy atom. The fraction of sp³-hybridized carbons (Fsp3) is 1.00. The molecular weight excluding hydrogens is 188 g/mol. The van der Waals surface area contributed by atoms with E-state index >= 15 is 0 Å². The molecule has 1 rings (SSSR count). The molecule has 3 heteroatoms. The molecule has 90 valence electrons. The van der Waals surface area contributed by atoms with E-state index in [1.54, 1.807) is 0 Å². The van der Waals surface area contributed by atoms with Crippen LogP contribution in [-0.4, -0.2) is 43.8 Å². The van der Waals surface area contributed by atoms with Crippen LogP contribution in [0.5, 0.6) is 0 Å². The highest BCUT2D eigenvalue weighted by molar-refractivity contribution is 4.70. The minimum absolute atomic E-state index is 0.377. The Morgan fingerprint density at radius 3 is 2.87 bits per heavy atom. The van der Waals surface area contributed by atoms with Gasteiger partial charge >= 0.3 is 0 Å². The van der Waals surface area contributed by atoms with Crippen molar-refractivity contribution in [2.45, 2.75) is 51.2 Å². The number of hydrogen-bond donors (Lipinski definition) is 1. The summed E-state index contributed by atoms with van der Waals surface area (Å²) < 4.78 is 5.60. The minimum Gasteiger partial charge on any atom is -0.377 e. The number of rotatable bonds is 7. The van der Waals surface area contributed by atoms with Crippen molar-refractivity contribution in [1.29, 1.82) is 0 Å². The number of nitrogens with zero attached hydrogens (tertiary/aromatic N) is 1. The van der Waals surface area contributed by atoms with E-state index in [1.165, 1.54) is 19.3 Å². The molecule has 1 heterocycles. The zero-order valence-corrected chi connectivity index (χ0v) is 10.2. The second-order valence-corrected chi connectivity index (χ2v) is 4.73. The van der Waals surface area contributed by atoms with Gasteiger partial charge in [0.05, 0.1) is 6.10 Å². The van der Waals surface area contributed by atoms with Crippen molar-refractivity contribution in [1.82, 2.24) is 4.90 Å².